The van der Waals surface area contributed by atoms with Crippen LogP contribution in [0.15, 0.2) is 49.1 Å². The molecule has 0 spiro atoms. The Balaban J connectivity index is 1.49. The van der Waals surface area contributed by atoms with E-state index in [0.29, 0.717) is 16.6 Å². The van der Waals surface area contributed by atoms with E-state index in [4.69, 9.17) is 11.6 Å². The van der Waals surface area contributed by atoms with E-state index in [1.54, 1.807) is 6.07 Å². The molecule has 4 heterocycles. The molecule has 7 heteroatoms. The number of rotatable bonds is 4. The Kier molecular flexibility index (Phi) is 5.34. The van der Waals surface area contributed by atoms with E-state index < -0.39 is 0 Å². The maximum Gasteiger partial charge on any atom is 0.137 e. The molecule has 0 aliphatic carbocycles. The van der Waals surface area contributed by atoms with Crippen molar-refractivity contribution in [1.82, 2.24) is 25.1 Å². The molecule has 4 aromatic rings. The Hall–Kier alpha value is -2.96. The maximum absolute atomic E-state index is 13.7. The number of piperidine rings is 1. The number of aromatic nitrogens is 4. The van der Waals surface area contributed by atoms with Gasteiger partial charge in [-0.2, -0.15) is 5.10 Å². The van der Waals surface area contributed by atoms with Gasteiger partial charge in [0.2, 0.25) is 0 Å². The van der Waals surface area contributed by atoms with Crippen LogP contribution in [0.4, 0.5) is 4.39 Å². The Morgan fingerprint density at radius 2 is 2.03 bits per heavy atom. The second-order valence-corrected chi connectivity index (χ2v) is 8.41. The first-order valence-electron chi connectivity index (χ1n) is 10.4. The zero-order valence-electron chi connectivity index (χ0n) is 17.2. The van der Waals surface area contributed by atoms with Crippen molar-refractivity contribution in [3.63, 3.8) is 0 Å². The first-order valence-corrected chi connectivity index (χ1v) is 10.8. The summed E-state index contributed by atoms with van der Waals surface area (Å²) >= 11 is 6.28. The molecule has 5 rings (SSSR count). The number of H-pyrrole nitrogens is 1. The molecular weight excluding hydrogens is 413 g/mol. The van der Waals surface area contributed by atoms with Crippen LogP contribution >= 0.6 is 11.6 Å². The van der Waals surface area contributed by atoms with Crippen LogP contribution < -0.4 is 5.32 Å². The zero-order valence-corrected chi connectivity index (χ0v) is 18.0. The van der Waals surface area contributed by atoms with Crippen molar-refractivity contribution in [3.8, 4) is 11.1 Å². The van der Waals surface area contributed by atoms with E-state index in [2.05, 4.69) is 37.3 Å². The summed E-state index contributed by atoms with van der Waals surface area (Å²) in [7, 11) is 0. The number of hydrogen-bond acceptors (Lipinski definition) is 3. The minimum Gasteiger partial charge on any atom is -0.346 e. The SMILES string of the molecule is C/C(=C\c1c[nH]c2ncc(-c3cnn(C4CCNCC4)c3)cc12)c1cc(F)ccc1Cl. The number of nitrogens with zero attached hydrogens (tertiary/aromatic N) is 3. The highest BCUT2D eigenvalue weighted by Gasteiger charge is 2.16. The molecule has 5 nitrogen and oxygen atoms in total. The third-order valence-corrected chi connectivity index (χ3v) is 6.24. The second-order valence-electron chi connectivity index (χ2n) is 8.01. The van der Waals surface area contributed by atoms with Gasteiger partial charge in [0.15, 0.2) is 0 Å². The summed E-state index contributed by atoms with van der Waals surface area (Å²) in [4.78, 5) is 7.81. The van der Waals surface area contributed by atoms with Gasteiger partial charge in [-0.3, -0.25) is 4.68 Å². The molecule has 1 aliphatic rings. The fourth-order valence-electron chi connectivity index (χ4n) is 4.17. The minimum absolute atomic E-state index is 0.305. The third-order valence-electron chi connectivity index (χ3n) is 5.91. The number of halogens is 2. The predicted molar refractivity (Wildman–Crippen MR) is 123 cm³/mol. The van der Waals surface area contributed by atoms with Crippen LogP contribution in [-0.4, -0.2) is 32.8 Å². The van der Waals surface area contributed by atoms with Crippen LogP contribution in [-0.2, 0) is 0 Å². The van der Waals surface area contributed by atoms with Gasteiger partial charge in [0.25, 0.3) is 0 Å². The van der Waals surface area contributed by atoms with Crippen LogP contribution in [0.1, 0.15) is 36.9 Å². The lowest BCUT2D eigenvalue weighted by molar-refractivity contribution is 0.343. The number of benzene rings is 1. The van der Waals surface area contributed by atoms with Crippen molar-refractivity contribution in [3.05, 3.63) is 71.0 Å². The molecule has 0 saturated carbocycles. The largest absolute Gasteiger partial charge is 0.346 e. The van der Waals surface area contributed by atoms with E-state index in [0.717, 1.165) is 59.2 Å². The average Bonchev–Trinajstić information content (AvgIpc) is 3.43. The molecule has 2 N–H and O–H groups in total. The topological polar surface area (TPSA) is 58.5 Å². The maximum atomic E-state index is 13.7. The molecule has 1 saturated heterocycles. The summed E-state index contributed by atoms with van der Waals surface area (Å²) in [5.41, 5.74) is 5.42. The van der Waals surface area contributed by atoms with Gasteiger partial charge >= 0.3 is 0 Å². The molecule has 0 atom stereocenters. The smallest absolute Gasteiger partial charge is 0.137 e. The highest BCUT2D eigenvalue weighted by atomic mass is 35.5. The summed E-state index contributed by atoms with van der Waals surface area (Å²) in [6.07, 6.45) is 12.0. The molecule has 3 aromatic heterocycles. The van der Waals surface area contributed by atoms with Gasteiger partial charge in [0.1, 0.15) is 11.5 Å². The molecular formula is C24H23ClFN5. The normalized spacial score (nSPS) is 15.6. The average molecular weight is 436 g/mol. The van der Waals surface area contributed by atoms with E-state index in [1.165, 1.54) is 12.1 Å². The van der Waals surface area contributed by atoms with Gasteiger partial charge in [-0.25, -0.2) is 9.37 Å². The summed E-state index contributed by atoms with van der Waals surface area (Å²) < 4.78 is 15.8. The Bertz CT molecular complexity index is 1270. The van der Waals surface area contributed by atoms with Crippen LogP contribution in [0.2, 0.25) is 5.02 Å². The van der Waals surface area contributed by atoms with Crippen LogP contribution in [0.25, 0.3) is 33.8 Å². The Labute approximate surface area is 185 Å². The number of aromatic amines is 1. The highest BCUT2D eigenvalue weighted by Crippen LogP contribution is 2.30. The van der Waals surface area contributed by atoms with Crippen LogP contribution in [0.3, 0.4) is 0 Å². The van der Waals surface area contributed by atoms with Gasteiger partial charge in [-0.15, -0.1) is 0 Å². The fourth-order valence-corrected chi connectivity index (χ4v) is 4.44. The molecule has 158 valence electrons. The molecule has 0 bridgehead atoms. The lowest BCUT2D eigenvalue weighted by atomic mass is 10.0. The van der Waals surface area contributed by atoms with E-state index in [9.17, 15) is 4.39 Å². The quantitative estimate of drug-likeness (QED) is 0.432. The van der Waals surface area contributed by atoms with Gasteiger partial charge in [0, 0.05) is 45.7 Å². The number of nitrogens with one attached hydrogen (secondary N) is 2. The monoisotopic (exact) mass is 435 g/mol. The summed E-state index contributed by atoms with van der Waals surface area (Å²) in [6.45, 7) is 3.99. The van der Waals surface area contributed by atoms with Crippen molar-refractivity contribution in [2.75, 3.05) is 13.1 Å². The highest BCUT2D eigenvalue weighted by molar-refractivity contribution is 6.32. The summed E-state index contributed by atoms with van der Waals surface area (Å²) in [5, 5.41) is 9.52. The van der Waals surface area contributed by atoms with Crippen molar-refractivity contribution < 1.29 is 4.39 Å². The molecule has 1 fully saturated rings. The fraction of sp³-hybridized carbons (Fsp3) is 0.250. The molecule has 0 amide bonds. The number of hydrogen-bond donors (Lipinski definition) is 2. The lowest BCUT2D eigenvalue weighted by Crippen LogP contribution is -2.29. The van der Waals surface area contributed by atoms with Crippen LogP contribution in [0, 0.1) is 5.82 Å². The minimum atomic E-state index is -0.305. The van der Waals surface area contributed by atoms with Crippen molar-refractivity contribution in [1.29, 1.82) is 0 Å². The van der Waals surface area contributed by atoms with Gasteiger partial charge < -0.3 is 10.3 Å². The Morgan fingerprint density at radius 3 is 2.87 bits per heavy atom. The van der Waals surface area contributed by atoms with Gasteiger partial charge in [0.05, 0.1) is 12.2 Å². The zero-order chi connectivity index (χ0) is 21.4. The number of allylic oxidation sites excluding steroid dienone is 1. The first-order chi connectivity index (χ1) is 15.1. The summed E-state index contributed by atoms with van der Waals surface area (Å²) in [5.74, 6) is -0.305. The number of fused-ring (bicyclic) bond motifs is 1. The van der Waals surface area contributed by atoms with Crippen molar-refractivity contribution in [2.45, 2.75) is 25.8 Å². The second kappa shape index (κ2) is 8.29. The van der Waals surface area contributed by atoms with Crippen molar-refractivity contribution in [2.24, 2.45) is 0 Å². The summed E-state index contributed by atoms with van der Waals surface area (Å²) in [6, 6.07) is 6.97. The van der Waals surface area contributed by atoms with E-state index in [1.807, 2.05) is 31.6 Å². The number of pyridine rings is 1. The molecule has 1 aromatic carbocycles. The third kappa shape index (κ3) is 4.01. The Morgan fingerprint density at radius 1 is 1.19 bits per heavy atom. The first kappa shape index (κ1) is 20.0. The van der Waals surface area contributed by atoms with Crippen LogP contribution in [0.5, 0.6) is 0 Å². The van der Waals surface area contributed by atoms with E-state index in [-0.39, 0.29) is 5.82 Å². The molecule has 0 unspecified atom stereocenters. The van der Waals surface area contributed by atoms with E-state index >= 15 is 0 Å². The molecule has 1 aliphatic heterocycles. The molecule has 31 heavy (non-hydrogen) atoms. The standard InChI is InChI=1S/C24H23ClFN5/c1-15(21-10-19(26)2-3-23(21)25)8-17-12-29-24-22(17)9-16(11-28-24)18-13-30-31(14-18)20-4-6-27-7-5-20/h2-3,8-14,20,27H,4-7H2,1H3,(H,28,29)/b15-8+. The lowest BCUT2D eigenvalue weighted by Gasteiger charge is -2.22. The predicted octanol–water partition coefficient (Wildman–Crippen LogP) is 5.70. The van der Waals surface area contributed by atoms with Crippen molar-refractivity contribution >= 4 is 34.3 Å². The van der Waals surface area contributed by atoms with Gasteiger partial charge in [-0.05, 0) is 74.3 Å². The van der Waals surface area contributed by atoms with Gasteiger partial charge in [-0.1, -0.05) is 11.6 Å². The molecule has 0 radical (unpaired) electrons.